The van der Waals surface area contributed by atoms with Gasteiger partial charge in [-0.05, 0) is 24.3 Å². The van der Waals surface area contributed by atoms with Crippen molar-refractivity contribution in [1.29, 1.82) is 0 Å². The largest absolute Gasteiger partial charge is 0.493 e. The molecule has 0 bridgehead atoms. The summed E-state index contributed by atoms with van der Waals surface area (Å²) >= 11 is 6.11. The highest BCUT2D eigenvalue weighted by molar-refractivity contribution is 6.33. The van der Waals surface area contributed by atoms with Crippen molar-refractivity contribution in [3.8, 4) is 22.9 Å². The molecular formula is C21H21ClN4O4. The van der Waals surface area contributed by atoms with E-state index < -0.39 is 5.91 Å². The molecule has 1 aliphatic heterocycles. The minimum Gasteiger partial charge on any atom is -0.493 e. The van der Waals surface area contributed by atoms with Gasteiger partial charge in [0.15, 0.2) is 17.3 Å². The smallest absolute Gasteiger partial charge is 0.250 e. The van der Waals surface area contributed by atoms with E-state index in [4.69, 9.17) is 41.5 Å². The van der Waals surface area contributed by atoms with Crippen LogP contribution in [0, 0.1) is 0 Å². The molecule has 2 N–H and O–H groups in total. The highest BCUT2D eigenvalue weighted by Gasteiger charge is 2.21. The van der Waals surface area contributed by atoms with Crippen molar-refractivity contribution in [2.24, 2.45) is 5.73 Å². The zero-order valence-electron chi connectivity index (χ0n) is 16.6. The SMILES string of the molecule is COc1cc2nc(-c3ccc(Cl)c(C(N)=O)c3)nc(N3CCOCC3)c2cc1OC. The van der Waals surface area contributed by atoms with Gasteiger partial charge in [-0.2, -0.15) is 0 Å². The van der Waals surface area contributed by atoms with Crippen molar-refractivity contribution in [3.05, 3.63) is 40.9 Å². The Morgan fingerprint density at radius 2 is 1.80 bits per heavy atom. The zero-order valence-corrected chi connectivity index (χ0v) is 17.4. The third kappa shape index (κ3) is 3.71. The molecule has 4 rings (SSSR count). The first-order chi connectivity index (χ1) is 14.5. The molecule has 0 spiro atoms. The number of anilines is 1. The predicted octanol–water partition coefficient (Wildman–Crippen LogP) is 2.90. The van der Waals surface area contributed by atoms with Gasteiger partial charge in [0.25, 0.3) is 0 Å². The molecule has 0 saturated carbocycles. The summed E-state index contributed by atoms with van der Waals surface area (Å²) in [5.41, 5.74) is 7.00. The minimum atomic E-state index is -0.609. The first kappa shape index (κ1) is 20.2. The topological polar surface area (TPSA) is 99.8 Å². The Morgan fingerprint density at radius 3 is 2.47 bits per heavy atom. The maximum Gasteiger partial charge on any atom is 0.250 e. The van der Waals surface area contributed by atoms with Crippen LogP contribution >= 0.6 is 11.6 Å². The van der Waals surface area contributed by atoms with E-state index in [1.807, 2.05) is 12.1 Å². The number of hydrogen-bond acceptors (Lipinski definition) is 7. The van der Waals surface area contributed by atoms with Gasteiger partial charge in [0.05, 0.1) is 43.5 Å². The van der Waals surface area contributed by atoms with E-state index >= 15 is 0 Å². The van der Waals surface area contributed by atoms with Crippen LogP contribution in [0.2, 0.25) is 5.02 Å². The van der Waals surface area contributed by atoms with Gasteiger partial charge in [-0.1, -0.05) is 11.6 Å². The number of carbonyl (C=O) groups excluding carboxylic acids is 1. The maximum absolute atomic E-state index is 11.7. The van der Waals surface area contributed by atoms with Gasteiger partial charge in [0, 0.05) is 30.1 Å². The number of carbonyl (C=O) groups is 1. The Hall–Kier alpha value is -3.10. The van der Waals surface area contributed by atoms with Crippen molar-refractivity contribution in [2.75, 3.05) is 45.4 Å². The van der Waals surface area contributed by atoms with Gasteiger partial charge < -0.3 is 24.8 Å². The molecule has 1 aliphatic rings. The second-order valence-electron chi connectivity index (χ2n) is 6.75. The number of ether oxygens (including phenoxy) is 3. The Labute approximate surface area is 178 Å². The summed E-state index contributed by atoms with van der Waals surface area (Å²) in [6.45, 7) is 2.63. The Kier molecular flexibility index (Phi) is 5.61. The first-order valence-corrected chi connectivity index (χ1v) is 9.76. The summed E-state index contributed by atoms with van der Waals surface area (Å²) in [7, 11) is 3.17. The lowest BCUT2D eigenvalue weighted by Crippen LogP contribution is -2.37. The fourth-order valence-electron chi connectivity index (χ4n) is 3.44. The summed E-state index contributed by atoms with van der Waals surface area (Å²) in [6.07, 6.45) is 0. The predicted molar refractivity (Wildman–Crippen MR) is 115 cm³/mol. The third-order valence-electron chi connectivity index (χ3n) is 4.98. The van der Waals surface area contributed by atoms with Crippen molar-refractivity contribution in [1.82, 2.24) is 9.97 Å². The third-order valence-corrected chi connectivity index (χ3v) is 5.31. The monoisotopic (exact) mass is 428 g/mol. The molecule has 9 heteroatoms. The van der Waals surface area contributed by atoms with E-state index in [1.54, 1.807) is 32.4 Å². The number of primary amides is 1. The fourth-order valence-corrected chi connectivity index (χ4v) is 3.65. The van der Waals surface area contributed by atoms with E-state index in [9.17, 15) is 4.79 Å². The number of nitrogens with two attached hydrogens (primary N) is 1. The average molecular weight is 429 g/mol. The number of fused-ring (bicyclic) bond motifs is 1. The molecular weight excluding hydrogens is 408 g/mol. The van der Waals surface area contributed by atoms with Crippen molar-refractivity contribution < 1.29 is 19.0 Å². The summed E-state index contributed by atoms with van der Waals surface area (Å²) in [6, 6.07) is 8.68. The van der Waals surface area contributed by atoms with Crippen LogP contribution < -0.4 is 20.1 Å². The van der Waals surface area contributed by atoms with Crippen LogP contribution in [0.5, 0.6) is 11.5 Å². The summed E-state index contributed by atoms with van der Waals surface area (Å²) in [4.78, 5) is 23.4. The van der Waals surface area contributed by atoms with Crippen molar-refractivity contribution in [3.63, 3.8) is 0 Å². The maximum atomic E-state index is 11.7. The van der Waals surface area contributed by atoms with Gasteiger partial charge in [-0.15, -0.1) is 0 Å². The highest BCUT2D eigenvalue weighted by Crippen LogP contribution is 2.37. The molecule has 156 valence electrons. The summed E-state index contributed by atoms with van der Waals surface area (Å²) in [5.74, 6) is 1.77. The normalized spacial score (nSPS) is 14.0. The number of halogens is 1. The lowest BCUT2D eigenvalue weighted by molar-refractivity contribution is 0.100. The molecule has 0 radical (unpaired) electrons. The molecule has 0 aliphatic carbocycles. The minimum absolute atomic E-state index is 0.220. The van der Waals surface area contributed by atoms with Gasteiger partial charge in [-0.3, -0.25) is 4.79 Å². The molecule has 1 aromatic heterocycles. The molecule has 2 heterocycles. The quantitative estimate of drug-likeness (QED) is 0.666. The fraction of sp³-hybridized carbons (Fsp3) is 0.286. The van der Waals surface area contributed by atoms with E-state index in [-0.39, 0.29) is 10.6 Å². The first-order valence-electron chi connectivity index (χ1n) is 9.38. The average Bonchev–Trinajstić information content (AvgIpc) is 2.78. The molecule has 2 aromatic carbocycles. The van der Waals surface area contributed by atoms with Crippen molar-refractivity contribution in [2.45, 2.75) is 0 Å². The van der Waals surface area contributed by atoms with Gasteiger partial charge in [0.1, 0.15) is 5.82 Å². The zero-order chi connectivity index (χ0) is 21.3. The van der Waals surface area contributed by atoms with E-state index in [2.05, 4.69) is 4.90 Å². The summed E-state index contributed by atoms with van der Waals surface area (Å²) < 4.78 is 16.4. The number of hydrogen-bond donors (Lipinski definition) is 1. The molecule has 8 nitrogen and oxygen atoms in total. The highest BCUT2D eigenvalue weighted by atomic mass is 35.5. The number of methoxy groups -OCH3 is 2. The second-order valence-corrected chi connectivity index (χ2v) is 7.16. The van der Waals surface area contributed by atoms with Crippen LogP contribution in [0.25, 0.3) is 22.3 Å². The molecule has 1 fully saturated rings. The molecule has 1 saturated heterocycles. The number of nitrogens with zero attached hydrogens (tertiary/aromatic N) is 3. The molecule has 0 atom stereocenters. The Bertz CT molecular complexity index is 1120. The van der Waals surface area contributed by atoms with E-state index in [1.165, 1.54) is 0 Å². The van der Waals surface area contributed by atoms with Crippen LogP contribution in [-0.4, -0.2) is 56.4 Å². The molecule has 0 unspecified atom stereocenters. The Morgan fingerprint density at radius 1 is 1.10 bits per heavy atom. The number of benzene rings is 2. The number of amides is 1. The number of aromatic nitrogens is 2. The van der Waals surface area contributed by atoms with Gasteiger partial charge >= 0.3 is 0 Å². The Balaban J connectivity index is 1.95. The van der Waals surface area contributed by atoms with Crippen LogP contribution in [-0.2, 0) is 4.74 Å². The number of morpholine rings is 1. The standard InChI is InChI=1S/C21H21ClN4O4/c1-28-17-10-14-16(11-18(17)29-2)24-20(25-21(14)26-5-7-30-8-6-26)12-3-4-15(22)13(9-12)19(23)27/h3-4,9-11H,5-8H2,1-2H3,(H2,23,27). The lowest BCUT2D eigenvalue weighted by Gasteiger charge is -2.29. The van der Waals surface area contributed by atoms with Crippen LogP contribution in [0.4, 0.5) is 5.82 Å². The van der Waals surface area contributed by atoms with Crippen LogP contribution in [0.1, 0.15) is 10.4 Å². The molecule has 3 aromatic rings. The summed E-state index contributed by atoms with van der Waals surface area (Å²) in [5, 5.41) is 1.12. The van der Waals surface area contributed by atoms with Crippen molar-refractivity contribution >= 4 is 34.2 Å². The lowest BCUT2D eigenvalue weighted by atomic mass is 10.1. The van der Waals surface area contributed by atoms with Crippen LogP contribution in [0.3, 0.4) is 0 Å². The number of rotatable bonds is 5. The van der Waals surface area contributed by atoms with Gasteiger partial charge in [0.2, 0.25) is 5.91 Å². The van der Waals surface area contributed by atoms with Gasteiger partial charge in [-0.25, -0.2) is 9.97 Å². The molecule has 30 heavy (non-hydrogen) atoms. The van der Waals surface area contributed by atoms with E-state index in [0.29, 0.717) is 54.7 Å². The van der Waals surface area contributed by atoms with E-state index in [0.717, 1.165) is 11.2 Å². The van der Waals surface area contributed by atoms with Crippen LogP contribution in [0.15, 0.2) is 30.3 Å². The second kappa shape index (κ2) is 8.33. The molecule has 1 amide bonds.